The normalized spacial score (nSPS) is 21.2. The van der Waals surface area contributed by atoms with Crippen LogP contribution in [0.4, 0.5) is 19.1 Å². The SMILES string of the molecule is CC[C@@H]1C[C@H](CS(=O)(=O)CC(F)(F)F)CN1c1nnc2cnc3[nH]ccc3n12. The van der Waals surface area contributed by atoms with Crippen molar-refractivity contribution in [1.82, 2.24) is 24.6 Å². The number of hydrogen-bond acceptors (Lipinski definition) is 6. The van der Waals surface area contributed by atoms with Gasteiger partial charge in [-0.25, -0.2) is 13.4 Å². The summed E-state index contributed by atoms with van der Waals surface area (Å²) in [6.07, 6.45) is -0.195. The molecule has 0 amide bonds. The van der Waals surface area contributed by atoms with Crippen LogP contribution < -0.4 is 4.90 Å². The second-order valence-electron chi connectivity index (χ2n) is 7.15. The van der Waals surface area contributed by atoms with E-state index >= 15 is 0 Å². The predicted octanol–water partition coefficient (Wildman–Crippen LogP) is 2.19. The van der Waals surface area contributed by atoms with E-state index in [1.54, 1.807) is 12.4 Å². The van der Waals surface area contributed by atoms with E-state index in [-0.39, 0.29) is 6.04 Å². The minimum Gasteiger partial charge on any atom is -0.345 e. The lowest BCUT2D eigenvalue weighted by molar-refractivity contribution is -0.106. The molecule has 3 aromatic heterocycles. The Morgan fingerprint density at radius 3 is 2.82 bits per heavy atom. The van der Waals surface area contributed by atoms with Crippen molar-refractivity contribution in [2.75, 3.05) is 23.0 Å². The fourth-order valence-electron chi connectivity index (χ4n) is 3.98. The molecule has 0 bridgehead atoms. The summed E-state index contributed by atoms with van der Waals surface area (Å²) in [4.78, 5) is 9.22. The van der Waals surface area contributed by atoms with E-state index in [9.17, 15) is 21.6 Å². The molecule has 1 N–H and O–H groups in total. The number of aromatic nitrogens is 5. The molecule has 0 aromatic carbocycles. The highest BCUT2D eigenvalue weighted by molar-refractivity contribution is 7.91. The quantitative estimate of drug-likeness (QED) is 0.685. The number of aromatic amines is 1. The van der Waals surface area contributed by atoms with Gasteiger partial charge in [0.15, 0.2) is 21.1 Å². The first-order valence-electron chi connectivity index (χ1n) is 8.88. The van der Waals surface area contributed by atoms with E-state index in [2.05, 4.69) is 20.2 Å². The molecule has 2 atom stereocenters. The number of sulfone groups is 1. The van der Waals surface area contributed by atoms with Gasteiger partial charge in [-0.2, -0.15) is 13.2 Å². The molecule has 3 aromatic rings. The third-order valence-electron chi connectivity index (χ3n) is 5.03. The van der Waals surface area contributed by atoms with Crippen molar-refractivity contribution in [3.63, 3.8) is 0 Å². The number of fused-ring (bicyclic) bond motifs is 3. The number of alkyl halides is 3. The second kappa shape index (κ2) is 6.61. The largest absolute Gasteiger partial charge is 0.402 e. The highest BCUT2D eigenvalue weighted by atomic mass is 32.2. The minimum atomic E-state index is -4.72. The van der Waals surface area contributed by atoms with Crippen molar-refractivity contribution in [1.29, 1.82) is 0 Å². The molecule has 8 nitrogen and oxygen atoms in total. The smallest absolute Gasteiger partial charge is 0.345 e. The molecule has 1 aliphatic rings. The van der Waals surface area contributed by atoms with Crippen LogP contribution in [-0.4, -0.2) is 63.3 Å². The van der Waals surface area contributed by atoms with E-state index in [0.717, 1.165) is 5.52 Å². The van der Waals surface area contributed by atoms with Crippen molar-refractivity contribution >= 4 is 32.6 Å². The van der Waals surface area contributed by atoms with Gasteiger partial charge in [0.05, 0.1) is 17.5 Å². The van der Waals surface area contributed by atoms with Gasteiger partial charge < -0.3 is 9.88 Å². The van der Waals surface area contributed by atoms with Crippen LogP contribution in [0.15, 0.2) is 18.5 Å². The van der Waals surface area contributed by atoms with Gasteiger partial charge in [-0.15, -0.1) is 10.2 Å². The van der Waals surface area contributed by atoms with Gasteiger partial charge in [0, 0.05) is 18.8 Å². The van der Waals surface area contributed by atoms with Crippen molar-refractivity contribution < 1.29 is 21.6 Å². The van der Waals surface area contributed by atoms with Crippen LogP contribution in [0.3, 0.4) is 0 Å². The highest BCUT2D eigenvalue weighted by Crippen LogP contribution is 2.32. The zero-order chi connectivity index (χ0) is 20.1. The van der Waals surface area contributed by atoms with Crippen molar-refractivity contribution in [2.45, 2.75) is 32.0 Å². The molecule has 12 heteroatoms. The molecular weight excluding hydrogens is 397 g/mol. The van der Waals surface area contributed by atoms with E-state index in [1.807, 2.05) is 22.3 Å². The zero-order valence-electron chi connectivity index (χ0n) is 15.0. The number of nitrogens with zero attached hydrogens (tertiary/aromatic N) is 5. The molecule has 28 heavy (non-hydrogen) atoms. The fourth-order valence-corrected chi connectivity index (χ4v) is 5.56. The molecule has 1 fully saturated rings. The van der Waals surface area contributed by atoms with Gasteiger partial charge in [0.1, 0.15) is 5.75 Å². The Morgan fingerprint density at radius 2 is 2.11 bits per heavy atom. The van der Waals surface area contributed by atoms with Gasteiger partial charge >= 0.3 is 6.18 Å². The number of hydrogen-bond donors (Lipinski definition) is 1. The third kappa shape index (κ3) is 3.52. The molecule has 0 unspecified atom stereocenters. The zero-order valence-corrected chi connectivity index (χ0v) is 15.8. The third-order valence-corrected chi connectivity index (χ3v) is 6.77. The Bertz CT molecular complexity index is 1110. The minimum absolute atomic E-state index is 0.0272. The first kappa shape index (κ1) is 19.0. The predicted molar refractivity (Wildman–Crippen MR) is 96.9 cm³/mol. The first-order chi connectivity index (χ1) is 13.2. The standard InChI is InChI=1S/C16H19F3N6O2S/c1-2-11-5-10(8-28(26,27)9-16(17,18)19)7-24(11)15-23-22-13-6-21-14-12(25(13)15)3-4-20-14/h3-4,6,10-11,20H,2,5,7-9H2,1H3/t10-,11+/m0/s1. The molecule has 1 saturated heterocycles. The van der Waals surface area contributed by atoms with Crippen LogP contribution in [0.1, 0.15) is 19.8 Å². The Kier molecular flexibility index (Phi) is 4.47. The molecule has 152 valence electrons. The molecular formula is C16H19F3N6O2S. The summed E-state index contributed by atoms with van der Waals surface area (Å²) >= 11 is 0. The molecule has 1 aliphatic heterocycles. The average molecular weight is 416 g/mol. The van der Waals surface area contributed by atoms with Crippen molar-refractivity contribution in [2.24, 2.45) is 5.92 Å². The molecule has 0 radical (unpaired) electrons. The van der Waals surface area contributed by atoms with Crippen LogP contribution in [0.25, 0.3) is 16.8 Å². The van der Waals surface area contributed by atoms with Crippen LogP contribution >= 0.6 is 0 Å². The number of rotatable bonds is 5. The van der Waals surface area contributed by atoms with Crippen LogP contribution in [-0.2, 0) is 9.84 Å². The van der Waals surface area contributed by atoms with Crippen LogP contribution in [0.5, 0.6) is 0 Å². The summed E-state index contributed by atoms with van der Waals surface area (Å²) in [7, 11) is -4.22. The van der Waals surface area contributed by atoms with Gasteiger partial charge in [-0.3, -0.25) is 4.40 Å². The summed E-state index contributed by atoms with van der Waals surface area (Å²) < 4.78 is 63.4. The van der Waals surface area contributed by atoms with Gasteiger partial charge in [0.25, 0.3) is 0 Å². The Morgan fingerprint density at radius 1 is 1.32 bits per heavy atom. The summed E-state index contributed by atoms with van der Waals surface area (Å²) in [5.41, 5.74) is 1.98. The number of anilines is 1. The topological polar surface area (TPSA) is 96.2 Å². The summed E-state index contributed by atoms with van der Waals surface area (Å²) in [5, 5.41) is 8.39. The summed E-state index contributed by atoms with van der Waals surface area (Å²) in [6, 6.07) is 1.81. The number of nitrogens with one attached hydrogen (secondary N) is 1. The number of halogens is 3. The van der Waals surface area contributed by atoms with Gasteiger partial charge in [-0.1, -0.05) is 6.92 Å². The van der Waals surface area contributed by atoms with Crippen molar-refractivity contribution in [3.8, 4) is 0 Å². The molecule has 0 saturated carbocycles. The summed E-state index contributed by atoms with van der Waals surface area (Å²) in [5.74, 6) is -2.12. The number of H-pyrrole nitrogens is 1. The Hall–Kier alpha value is -2.37. The van der Waals surface area contributed by atoms with E-state index in [4.69, 9.17) is 0 Å². The average Bonchev–Trinajstić information content (AvgIpc) is 3.27. The van der Waals surface area contributed by atoms with Crippen LogP contribution in [0, 0.1) is 5.92 Å². The molecule has 0 spiro atoms. The van der Waals surface area contributed by atoms with E-state index in [1.165, 1.54) is 0 Å². The van der Waals surface area contributed by atoms with Crippen LogP contribution in [0.2, 0.25) is 0 Å². The maximum atomic E-state index is 12.5. The Balaban J connectivity index is 1.64. The maximum Gasteiger partial charge on any atom is 0.402 e. The lowest BCUT2D eigenvalue weighted by Crippen LogP contribution is -2.32. The molecule has 4 heterocycles. The first-order valence-corrected chi connectivity index (χ1v) is 10.7. The van der Waals surface area contributed by atoms with Gasteiger partial charge in [0.2, 0.25) is 5.95 Å². The highest BCUT2D eigenvalue weighted by Gasteiger charge is 2.40. The second-order valence-corrected chi connectivity index (χ2v) is 9.26. The summed E-state index contributed by atoms with van der Waals surface area (Å²) in [6.45, 7) is 2.27. The fraction of sp³-hybridized carbons (Fsp3) is 0.562. The van der Waals surface area contributed by atoms with Gasteiger partial charge in [-0.05, 0) is 24.8 Å². The van der Waals surface area contributed by atoms with E-state index < -0.39 is 33.4 Å². The lowest BCUT2D eigenvalue weighted by atomic mass is 10.1. The maximum absolute atomic E-state index is 12.5. The lowest BCUT2D eigenvalue weighted by Gasteiger charge is -2.23. The Labute approximate surface area is 158 Å². The van der Waals surface area contributed by atoms with Crippen molar-refractivity contribution in [3.05, 3.63) is 18.5 Å². The molecule has 4 rings (SSSR count). The monoisotopic (exact) mass is 416 g/mol. The molecule has 0 aliphatic carbocycles. The van der Waals surface area contributed by atoms with E-state index in [0.29, 0.717) is 36.6 Å².